The van der Waals surface area contributed by atoms with Crippen LogP contribution in [0.15, 0.2) is 0 Å². The first-order valence-corrected chi connectivity index (χ1v) is 3.82. The largest absolute Gasteiger partial charge is 0.345 e. The fourth-order valence-corrected chi connectivity index (χ4v) is 1.30. The first-order chi connectivity index (χ1) is 5.48. The second-order valence-corrected chi connectivity index (χ2v) is 3.15. The van der Waals surface area contributed by atoms with Crippen molar-refractivity contribution in [2.24, 2.45) is 0 Å². The van der Waals surface area contributed by atoms with Crippen molar-refractivity contribution >= 4 is 5.91 Å². The zero-order chi connectivity index (χ0) is 9.35. The summed E-state index contributed by atoms with van der Waals surface area (Å²) in [5, 5.41) is -0.0185. The number of carbonyl (C=O) groups excluding carboxylic acids is 1. The van der Waals surface area contributed by atoms with Crippen molar-refractivity contribution < 1.29 is 13.7 Å². The van der Waals surface area contributed by atoms with E-state index in [0.717, 1.165) is 4.90 Å². The van der Waals surface area contributed by atoms with Gasteiger partial charge in [0, 0.05) is 27.1 Å². The predicted molar refractivity (Wildman–Crippen MR) is 39.6 cm³/mol. The first kappa shape index (κ1) is 9.38. The van der Waals surface area contributed by atoms with E-state index < -0.39 is 11.7 Å². The van der Waals surface area contributed by atoms with Gasteiger partial charge in [-0.2, -0.15) is 0 Å². The van der Waals surface area contributed by atoms with Crippen LogP contribution in [0.1, 0.15) is 12.8 Å². The second kappa shape index (κ2) is 2.97. The van der Waals surface area contributed by atoms with Gasteiger partial charge in [-0.3, -0.25) is 4.79 Å². The molecule has 1 saturated heterocycles. The predicted octanol–water partition coefficient (Wildman–Crippen LogP) is 0.721. The zero-order valence-corrected chi connectivity index (χ0v) is 7.18. The summed E-state index contributed by atoms with van der Waals surface area (Å²) < 4.78 is 26.3. The van der Waals surface area contributed by atoms with Crippen LogP contribution >= 0.6 is 0 Å². The van der Waals surface area contributed by atoms with E-state index in [9.17, 15) is 13.7 Å². The maximum atomic E-state index is 13.5. The molecule has 1 unspecified atom stereocenters. The van der Waals surface area contributed by atoms with Gasteiger partial charge in [0.2, 0.25) is 0 Å². The van der Waals surface area contributed by atoms with Crippen LogP contribution in [-0.2, 0) is 4.79 Å². The highest BCUT2D eigenvalue weighted by Gasteiger charge is 2.50. The van der Waals surface area contributed by atoms with Crippen molar-refractivity contribution in [2.75, 3.05) is 20.6 Å². The number of alkyl halides is 1. The van der Waals surface area contributed by atoms with Crippen molar-refractivity contribution in [3.05, 3.63) is 0 Å². The van der Waals surface area contributed by atoms with Crippen LogP contribution in [-0.4, -0.2) is 42.4 Å². The van der Waals surface area contributed by atoms with Crippen molar-refractivity contribution in [1.29, 1.82) is 0 Å². The van der Waals surface area contributed by atoms with Crippen LogP contribution in [0.3, 0.4) is 0 Å². The minimum absolute atomic E-state index is 0.00389. The molecule has 1 fully saturated rings. The third-order valence-electron chi connectivity index (χ3n) is 1.98. The second-order valence-electron chi connectivity index (χ2n) is 3.15. The van der Waals surface area contributed by atoms with E-state index >= 15 is 0 Å². The van der Waals surface area contributed by atoms with Crippen LogP contribution < -0.4 is 0 Å². The van der Waals surface area contributed by atoms with E-state index in [1.807, 2.05) is 0 Å². The number of likely N-dealkylation sites (N-methyl/N-ethyl adjacent to an activating group) is 1. The number of hydrogen-bond donors (Lipinski definition) is 0. The molecule has 0 bridgehead atoms. The third kappa shape index (κ3) is 1.29. The lowest BCUT2D eigenvalue weighted by molar-refractivity contribution is -0.175. The normalized spacial score (nSPS) is 30.7. The van der Waals surface area contributed by atoms with E-state index in [4.69, 9.17) is 0 Å². The molecular formula is C7H12F2N2O. The quantitative estimate of drug-likeness (QED) is 0.436. The Morgan fingerprint density at radius 3 is 2.50 bits per heavy atom. The van der Waals surface area contributed by atoms with E-state index in [1.165, 1.54) is 14.1 Å². The fourth-order valence-electron chi connectivity index (χ4n) is 1.30. The summed E-state index contributed by atoms with van der Waals surface area (Å²) in [6, 6.07) is 0. The van der Waals surface area contributed by atoms with Crippen molar-refractivity contribution in [1.82, 2.24) is 10.0 Å². The van der Waals surface area contributed by atoms with Gasteiger partial charge < -0.3 is 4.90 Å². The lowest BCUT2D eigenvalue weighted by atomic mass is 10.1. The summed E-state index contributed by atoms with van der Waals surface area (Å²) in [5.41, 5.74) is 0. The van der Waals surface area contributed by atoms with Gasteiger partial charge in [0.1, 0.15) is 0 Å². The Morgan fingerprint density at radius 2 is 2.17 bits per heavy atom. The Balaban J connectivity index is 2.77. The topological polar surface area (TPSA) is 23.6 Å². The maximum absolute atomic E-state index is 13.5. The fraction of sp³-hybridized carbons (Fsp3) is 0.857. The van der Waals surface area contributed by atoms with Gasteiger partial charge in [0.05, 0.1) is 0 Å². The SMILES string of the molecule is CN(C)C(=O)C1(F)CCCN1F. The summed E-state index contributed by atoms with van der Waals surface area (Å²) >= 11 is 0. The summed E-state index contributed by atoms with van der Waals surface area (Å²) in [5.74, 6) is -3.23. The number of nitrogens with zero attached hydrogens (tertiary/aromatic N) is 2. The van der Waals surface area contributed by atoms with E-state index in [0.29, 0.717) is 6.42 Å². The molecule has 1 aliphatic rings. The third-order valence-corrected chi connectivity index (χ3v) is 1.98. The Hall–Kier alpha value is -0.710. The van der Waals surface area contributed by atoms with Crippen molar-refractivity contribution in [2.45, 2.75) is 18.6 Å². The standard InChI is InChI=1S/C7H12F2N2O/c1-10(2)6(12)7(8)4-3-5-11(7)9/h3-5H2,1-2H3. The van der Waals surface area contributed by atoms with E-state index in [1.54, 1.807) is 0 Å². The molecule has 0 aromatic rings. The molecule has 1 atom stereocenters. The molecule has 3 nitrogen and oxygen atoms in total. The molecule has 0 aromatic heterocycles. The molecule has 1 amide bonds. The van der Waals surface area contributed by atoms with Gasteiger partial charge in [0.25, 0.3) is 11.7 Å². The summed E-state index contributed by atoms with van der Waals surface area (Å²) in [6.45, 7) is -0.00389. The molecule has 0 N–H and O–H groups in total. The molecule has 0 radical (unpaired) electrons. The van der Waals surface area contributed by atoms with Crippen molar-refractivity contribution in [3.8, 4) is 0 Å². The molecule has 1 rings (SSSR count). The highest BCUT2D eigenvalue weighted by molar-refractivity contribution is 5.84. The molecular weight excluding hydrogens is 166 g/mol. The van der Waals surface area contributed by atoms with E-state index in [-0.39, 0.29) is 18.1 Å². The molecule has 0 spiro atoms. The minimum atomic E-state index is -2.41. The lowest BCUT2D eigenvalue weighted by Gasteiger charge is -2.25. The average Bonchev–Trinajstić information content (AvgIpc) is 2.32. The smallest absolute Gasteiger partial charge is 0.277 e. The van der Waals surface area contributed by atoms with Gasteiger partial charge in [-0.25, -0.2) is 4.39 Å². The Kier molecular flexibility index (Phi) is 2.32. The maximum Gasteiger partial charge on any atom is 0.277 e. The lowest BCUT2D eigenvalue weighted by Crippen LogP contribution is -2.48. The van der Waals surface area contributed by atoms with Gasteiger partial charge >= 0.3 is 0 Å². The number of amides is 1. The van der Waals surface area contributed by atoms with Crippen LogP contribution in [0.4, 0.5) is 8.87 Å². The molecule has 1 aliphatic heterocycles. The highest BCUT2D eigenvalue weighted by atomic mass is 19.2. The Bertz CT molecular complexity index is 198. The van der Waals surface area contributed by atoms with Crippen molar-refractivity contribution in [3.63, 3.8) is 0 Å². The first-order valence-electron chi connectivity index (χ1n) is 3.82. The van der Waals surface area contributed by atoms with Crippen LogP contribution in [0.5, 0.6) is 0 Å². The molecule has 5 heteroatoms. The van der Waals surface area contributed by atoms with Gasteiger partial charge in [-0.05, 0) is 6.42 Å². The molecule has 12 heavy (non-hydrogen) atoms. The van der Waals surface area contributed by atoms with Gasteiger partial charge in [-0.15, -0.1) is 9.60 Å². The summed E-state index contributed by atoms with van der Waals surface area (Å²) in [4.78, 5) is 12.2. The molecule has 0 saturated carbocycles. The van der Waals surface area contributed by atoms with Crippen LogP contribution in [0.25, 0.3) is 0 Å². The van der Waals surface area contributed by atoms with Gasteiger partial charge in [-0.1, -0.05) is 0 Å². The number of hydrogen-bond acceptors (Lipinski definition) is 2. The average molecular weight is 178 g/mol. The molecule has 0 aliphatic carbocycles. The number of rotatable bonds is 1. The van der Waals surface area contributed by atoms with Crippen LogP contribution in [0, 0.1) is 0 Å². The van der Waals surface area contributed by atoms with E-state index in [2.05, 4.69) is 0 Å². The zero-order valence-electron chi connectivity index (χ0n) is 7.18. The Labute approximate surface area is 69.9 Å². The molecule has 1 heterocycles. The number of halogens is 2. The Morgan fingerprint density at radius 1 is 1.58 bits per heavy atom. The molecule has 70 valence electrons. The molecule has 0 aromatic carbocycles. The van der Waals surface area contributed by atoms with Crippen LogP contribution in [0.2, 0.25) is 0 Å². The van der Waals surface area contributed by atoms with Gasteiger partial charge in [0.15, 0.2) is 0 Å². The summed E-state index contributed by atoms with van der Waals surface area (Å²) in [6.07, 6.45) is 0.326. The summed E-state index contributed by atoms with van der Waals surface area (Å²) in [7, 11) is 2.83. The number of carbonyl (C=O) groups is 1. The minimum Gasteiger partial charge on any atom is -0.345 e. The monoisotopic (exact) mass is 178 g/mol. The highest BCUT2D eigenvalue weighted by Crippen LogP contribution is 2.32.